The zero-order valence-electron chi connectivity index (χ0n) is 11.6. The van der Waals surface area contributed by atoms with Crippen LogP contribution in [0.5, 0.6) is 0 Å². The molecule has 1 saturated heterocycles. The molecule has 1 saturated carbocycles. The maximum Gasteiger partial charge on any atom is 0.0623 e. The Kier molecular flexibility index (Phi) is 3.81. The second-order valence-corrected chi connectivity index (χ2v) is 7.12. The molecule has 17 heavy (non-hydrogen) atoms. The molecule has 1 unspecified atom stereocenters. The molecule has 3 nitrogen and oxygen atoms in total. The molecule has 0 aromatic carbocycles. The summed E-state index contributed by atoms with van der Waals surface area (Å²) in [7, 11) is 0. The Bertz CT molecular complexity index is 263. The molecule has 0 radical (unpaired) electrons. The van der Waals surface area contributed by atoms with Crippen LogP contribution >= 0.6 is 0 Å². The minimum Gasteiger partial charge on any atom is -0.394 e. The van der Waals surface area contributed by atoms with E-state index in [9.17, 15) is 5.11 Å². The molecule has 1 aliphatic carbocycles. The Labute approximate surface area is 106 Å². The Morgan fingerprint density at radius 1 is 1.41 bits per heavy atom. The number of aliphatic hydroxyl groups excluding tert-OH is 1. The molecule has 2 aliphatic rings. The van der Waals surface area contributed by atoms with Gasteiger partial charge in [-0.3, -0.25) is 0 Å². The maximum atomic E-state index is 9.63. The Hall–Kier alpha value is -0.120. The normalized spacial score (nSPS) is 28.9. The van der Waals surface area contributed by atoms with Gasteiger partial charge < -0.3 is 15.3 Å². The molecule has 0 aromatic rings. The first kappa shape index (κ1) is 13.3. The van der Waals surface area contributed by atoms with Crippen molar-refractivity contribution in [2.24, 2.45) is 5.41 Å². The lowest BCUT2D eigenvalue weighted by Gasteiger charge is -2.42. The molecule has 2 rings (SSSR count). The van der Waals surface area contributed by atoms with E-state index >= 15 is 0 Å². The van der Waals surface area contributed by atoms with Gasteiger partial charge in [0, 0.05) is 19.1 Å². The van der Waals surface area contributed by atoms with E-state index in [2.05, 4.69) is 31.0 Å². The summed E-state index contributed by atoms with van der Waals surface area (Å²) in [6.07, 6.45) is 5.18. The van der Waals surface area contributed by atoms with Crippen molar-refractivity contribution in [1.29, 1.82) is 0 Å². The highest BCUT2D eigenvalue weighted by Crippen LogP contribution is 2.30. The van der Waals surface area contributed by atoms with Crippen molar-refractivity contribution >= 4 is 0 Å². The first-order valence-electron chi connectivity index (χ1n) is 7.03. The summed E-state index contributed by atoms with van der Waals surface area (Å²) in [4.78, 5) is 2.52. The average Bonchev–Trinajstić information content (AvgIpc) is 3.00. The maximum absolute atomic E-state index is 9.63. The van der Waals surface area contributed by atoms with Gasteiger partial charge in [0.1, 0.15) is 0 Å². The number of nitrogens with one attached hydrogen (secondary N) is 1. The molecular weight excluding hydrogens is 212 g/mol. The average molecular weight is 240 g/mol. The third-order valence-electron chi connectivity index (χ3n) is 4.03. The van der Waals surface area contributed by atoms with Gasteiger partial charge in [-0.1, -0.05) is 13.8 Å². The van der Waals surface area contributed by atoms with E-state index < -0.39 is 0 Å². The molecule has 2 N–H and O–H groups in total. The second-order valence-electron chi connectivity index (χ2n) is 7.12. The Morgan fingerprint density at radius 2 is 2.12 bits per heavy atom. The zero-order chi connectivity index (χ0) is 12.5. The topological polar surface area (TPSA) is 35.5 Å². The summed E-state index contributed by atoms with van der Waals surface area (Å²) in [6.45, 7) is 10.4. The largest absolute Gasteiger partial charge is 0.394 e. The van der Waals surface area contributed by atoms with E-state index in [1.54, 1.807) is 0 Å². The van der Waals surface area contributed by atoms with Crippen molar-refractivity contribution in [2.45, 2.75) is 58.0 Å². The van der Waals surface area contributed by atoms with Gasteiger partial charge in [0.15, 0.2) is 0 Å². The number of rotatable bonds is 5. The number of nitrogens with zero attached hydrogens (tertiary/aromatic N) is 1. The van der Waals surface area contributed by atoms with Crippen LogP contribution in [0, 0.1) is 5.41 Å². The van der Waals surface area contributed by atoms with Gasteiger partial charge in [0.25, 0.3) is 0 Å². The number of hydrogen-bond acceptors (Lipinski definition) is 3. The Morgan fingerprint density at radius 3 is 2.65 bits per heavy atom. The highest BCUT2D eigenvalue weighted by Gasteiger charge is 2.35. The molecule has 1 heterocycles. The van der Waals surface area contributed by atoms with Gasteiger partial charge in [-0.05, 0) is 44.6 Å². The van der Waals surface area contributed by atoms with Crippen LogP contribution < -0.4 is 5.32 Å². The van der Waals surface area contributed by atoms with Crippen LogP contribution in [0.3, 0.4) is 0 Å². The highest BCUT2D eigenvalue weighted by atomic mass is 16.3. The van der Waals surface area contributed by atoms with Gasteiger partial charge in [0.05, 0.1) is 12.1 Å². The lowest BCUT2D eigenvalue weighted by molar-refractivity contribution is 0.0648. The summed E-state index contributed by atoms with van der Waals surface area (Å²) in [5.41, 5.74) is 0.322. The van der Waals surface area contributed by atoms with Crippen molar-refractivity contribution < 1.29 is 5.11 Å². The second kappa shape index (κ2) is 4.87. The number of hydrogen-bond donors (Lipinski definition) is 2. The minimum atomic E-state index is -0.116. The molecular formula is C14H28N2O. The molecule has 2 fully saturated rings. The summed E-state index contributed by atoms with van der Waals surface area (Å²) < 4.78 is 0. The minimum absolute atomic E-state index is 0.116. The van der Waals surface area contributed by atoms with Crippen LogP contribution in [0.4, 0.5) is 0 Å². The SMILES string of the molecule is CC1(C)CCCN(CC(C)(CO)NC2CC2)C1. The van der Waals surface area contributed by atoms with Crippen molar-refractivity contribution in [2.75, 3.05) is 26.2 Å². The molecule has 100 valence electrons. The van der Waals surface area contributed by atoms with Crippen LogP contribution in [-0.2, 0) is 0 Å². The van der Waals surface area contributed by atoms with Crippen LogP contribution in [0.2, 0.25) is 0 Å². The first-order chi connectivity index (χ1) is 7.92. The van der Waals surface area contributed by atoms with Gasteiger partial charge in [-0.25, -0.2) is 0 Å². The van der Waals surface area contributed by atoms with Crippen molar-refractivity contribution in [3.8, 4) is 0 Å². The molecule has 1 atom stereocenters. The summed E-state index contributed by atoms with van der Waals surface area (Å²) in [5, 5.41) is 13.2. The third-order valence-corrected chi connectivity index (χ3v) is 4.03. The molecule has 0 bridgehead atoms. The molecule has 0 spiro atoms. The monoisotopic (exact) mass is 240 g/mol. The molecule has 3 heteroatoms. The summed E-state index contributed by atoms with van der Waals surface area (Å²) >= 11 is 0. The van der Waals surface area contributed by atoms with Crippen LogP contribution in [0.1, 0.15) is 46.5 Å². The predicted molar refractivity (Wildman–Crippen MR) is 71.1 cm³/mol. The summed E-state index contributed by atoms with van der Waals surface area (Å²) in [6, 6.07) is 0.657. The fourth-order valence-corrected chi connectivity index (χ4v) is 3.03. The predicted octanol–water partition coefficient (Wildman–Crippen LogP) is 1.61. The van der Waals surface area contributed by atoms with E-state index in [0.29, 0.717) is 11.5 Å². The van der Waals surface area contributed by atoms with Crippen LogP contribution in [0.25, 0.3) is 0 Å². The van der Waals surface area contributed by atoms with E-state index in [1.165, 1.54) is 32.2 Å². The standard InChI is InChI=1S/C14H28N2O/c1-13(2)7-4-8-16(9-13)10-14(3,11-17)15-12-5-6-12/h12,15,17H,4-11H2,1-3H3. The first-order valence-corrected chi connectivity index (χ1v) is 7.03. The van der Waals surface area contributed by atoms with Crippen molar-refractivity contribution in [3.63, 3.8) is 0 Å². The quantitative estimate of drug-likeness (QED) is 0.766. The van der Waals surface area contributed by atoms with E-state index in [0.717, 1.165) is 13.1 Å². The Balaban J connectivity index is 1.88. The highest BCUT2D eigenvalue weighted by molar-refractivity contribution is 4.95. The lowest BCUT2D eigenvalue weighted by atomic mass is 9.83. The van der Waals surface area contributed by atoms with E-state index in [4.69, 9.17) is 0 Å². The van der Waals surface area contributed by atoms with Gasteiger partial charge in [-0.15, -0.1) is 0 Å². The molecule has 0 aromatic heterocycles. The smallest absolute Gasteiger partial charge is 0.0623 e. The third kappa shape index (κ3) is 3.94. The van der Waals surface area contributed by atoms with Crippen molar-refractivity contribution in [1.82, 2.24) is 10.2 Å². The van der Waals surface area contributed by atoms with Gasteiger partial charge in [-0.2, -0.15) is 0 Å². The number of likely N-dealkylation sites (tertiary alicyclic amines) is 1. The van der Waals surface area contributed by atoms with Gasteiger partial charge in [0.2, 0.25) is 0 Å². The van der Waals surface area contributed by atoms with Crippen LogP contribution in [0.15, 0.2) is 0 Å². The zero-order valence-corrected chi connectivity index (χ0v) is 11.6. The fraction of sp³-hybridized carbons (Fsp3) is 1.00. The number of piperidine rings is 1. The molecule has 0 amide bonds. The van der Waals surface area contributed by atoms with E-state index in [1.807, 2.05) is 0 Å². The fourth-order valence-electron chi connectivity index (χ4n) is 3.03. The van der Waals surface area contributed by atoms with Crippen LogP contribution in [-0.4, -0.2) is 47.8 Å². The van der Waals surface area contributed by atoms with Gasteiger partial charge >= 0.3 is 0 Å². The number of aliphatic hydroxyl groups is 1. The van der Waals surface area contributed by atoms with E-state index in [-0.39, 0.29) is 12.1 Å². The molecule has 1 aliphatic heterocycles. The van der Waals surface area contributed by atoms with Crippen molar-refractivity contribution in [3.05, 3.63) is 0 Å². The lowest BCUT2D eigenvalue weighted by Crippen LogP contribution is -2.57. The summed E-state index contributed by atoms with van der Waals surface area (Å²) in [5.74, 6) is 0.